The lowest BCUT2D eigenvalue weighted by atomic mass is 10.1. The first-order chi connectivity index (χ1) is 8.29. The maximum absolute atomic E-state index is 11.9. The Bertz CT molecular complexity index is 433. The van der Waals surface area contributed by atoms with E-state index in [1.54, 1.807) is 18.7 Å². The van der Waals surface area contributed by atoms with Crippen LogP contribution in [-0.2, 0) is 14.3 Å². The molecule has 18 heavy (non-hydrogen) atoms. The summed E-state index contributed by atoms with van der Waals surface area (Å²) in [5.74, 6) is 0.0108. The SMILES string of the molecule is CC1=C(C(=O)OCC(Cl)(Cl)Cl)N2C(=O)C[C@@H]2SC1. The van der Waals surface area contributed by atoms with Gasteiger partial charge < -0.3 is 4.74 Å². The van der Waals surface area contributed by atoms with Crippen molar-refractivity contribution in [3.8, 4) is 0 Å². The van der Waals surface area contributed by atoms with Crippen LogP contribution in [0.3, 0.4) is 0 Å². The smallest absolute Gasteiger partial charge is 0.355 e. The van der Waals surface area contributed by atoms with Crippen LogP contribution >= 0.6 is 46.6 Å². The summed E-state index contributed by atoms with van der Waals surface area (Å²) in [5, 5.41) is 0.0384. The van der Waals surface area contributed by atoms with E-state index in [9.17, 15) is 9.59 Å². The Labute approximate surface area is 124 Å². The van der Waals surface area contributed by atoms with E-state index < -0.39 is 9.76 Å². The summed E-state index contributed by atoms with van der Waals surface area (Å²) in [4.78, 5) is 24.9. The van der Waals surface area contributed by atoms with Crippen LogP contribution in [0.5, 0.6) is 0 Å². The normalized spacial score (nSPS) is 23.7. The molecule has 0 unspecified atom stereocenters. The molecule has 1 saturated heterocycles. The molecule has 1 fully saturated rings. The minimum atomic E-state index is -1.65. The summed E-state index contributed by atoms with van der Waals surface area (Å²) in [6.45, 7) is 1.45. The zero-order valence-electron chi connectivity index (χ0n) is 9.41. The number of hydrogen-bond donors (Lipinski definition) is 0. The second-order valence-electron chi connectivity index (χ2n) is 4.05. The molecule has 0 aromatic carbocycles. The molecule has 0 aromatic heterocycles. The zero-order valence-corrected chi connectivity index (χ0v) is 12.5. The molecular weight excluding hydrogens is 321 g/mol. The van der Waals surface area contributed by atoms with Crippen LogP contribution in [0.2, 0.25) is 0 Å². The molecular formula is C10H10Cl3NO3S. The van der Waals surface area contributed by atoms with E-state index in [0.29, 0.717) is 17.9 Å². The largest absolute Gasteiger partial charge is 0.456 e. The van der Waals surface area contributed by atoms with Gasteiger partial charge >= 0.3 is 5.97 Å². The molecule has 2 heterocycles. The van der Waals surface area contributed by atoms with Gasteiger partial charge in [-0.1, -0.05) is 34.8 Å². The molecule has 0 spiro atoms. The van der Waals surface area contributed by atoms with E-state index in [0.717, 1.165) is 5.57 Å². The average Bonchev–Trinajstić information content (AvgIpc) is 2.25. The van der Waals surface area contributed by atoms with Crippen LogP contribution < -0.4 is 0 Å². The molecule has 0 saturated carbocycles. The number of alkyl halides is 3. The number of fused-ring (bicyclic) bond motifs is 1. The van der Waals surface area contributed by atoms with Gasteiger partial charge in [0.1, 0.15) is 12.3 Å². The van der Waals surface area contributed by atoms with E-state index >= 15 is 0 Å². The monoisotopic (exact) mass is 329 g/mol. The maximum Gasteiger partial charge on any atom is 0.355 e. The highest BCUT2D eigenvalue weighted by Gasteiger charge is 2.45. The molecule has 100 valence electrons. The Kier molecular flexibility index (Phi) is 4.07. The molecule has 0 bridgehead atoms. The fraction of sp³-hybridized carbons (Fsp3) is 0.600. The number of thioether (sulfide) groups is 1. The van der Waals surface area contributed by atoms with Crippen LogP contribution in [0, 0.1) is 0 Å². The van der Waals surface area contributed by atoms with Gasteiger partial charge in [-0.2, -0.15) is 0 Å². The fourth-order valence-corrected chi connectivity index (χ4v) is 3.15. The highest BCUT2D eigenvalue weighted by atomic mass is 35.6. The number of hydrogen-bond acceptors (Lipinski definition) is 4. The van der Waals surface area contributed by atoms with Gasteiger partial charge in [0, 0.05) is 5.75 Å². The van der Waals surface area contributed by atoms with Gasteiger partial charge in [-0.15, -0.1) is 11.8 Å². The van der Waals surface area contributed by atoms with Crippen LogP contribution in [0.25, 0.3) is 0 Å². The number of esters is 1. The molecule has 1 amide bonds. The van der Waals surface area contributed by atoms with Crippen LogP contribution in [0.1, 0.15) is 13.3 Å². The number of rotatable bonds is 2. The summed E-state index contributed by atoms with van der Waals surface area (Å²) in [7, 11) is 0. The summed E-state index contributed by atoms with van der Waals surface area (Å²) in [6.07, 6.45) is 0.458. The highest BCUT2D eigenvalue weighted by molar-refractivity contribution is 8.00. The van der Waals surface area contributed by atoms with Crippen molar-refractivity contribution in [2.75, 3.05) is 12.4 Å². The summed E-state index contributed by atoms with van der Waals surface area (Å²) < 4.78 is 3.27. The Balaban J connectivity index is 2.10. The number of amides is 1. The predicted octanol–water partition coefficient (Wildman–Crippen LogP) is 2.48. The summed E-state index contributed by atoms with van der Waals surface area (Å²) in [5.41, 5.74) is 1.10. The van der Waals surface area contributed by atoms with E-state index in [4.69, 9.17) is 39.5 Å². The number of halogens is 3. The van der Waals surface area contributed by atoms with Gasteiger partial charge in [0.05, 0.1) is 11.8 Å². The molecule has 2 rings (SSSR count). The van der Waals surface area contributed by atoms with Gasteiger partial charge in [0.15, 0.2) is 0 Å². The third kappa shape index (κ3) is 2.90. The quantitative estimate of drug-likeness (QED) is 0.443. The van der Waals surface area contributed by atoms with E-state index in [2.05, 4.69) is 0 Å². The second kappa shape index (κ2) is 5.12. The molecule has 0 aliphatic carbocycles. The Morgan fingerprint density at radius 3 is 2.78 bits per heavy atom. The average molecular weight is 331 g/mol. The predicted molar refractivity (Wildman–Crippen MR) is 71.7 cm³/mol. The molecule has 4 nitrogen and oxygen atoms in total. The lowest BCUT2D eigenvalue weighted by Crippen LogP contribution is -2.54. The van der Waals surface area contributed by atoms with Gasteiger partial charge in [-0.3, -0.25) is 9.69 Å². The van der Waals surface area contributed by atoms with E-state index in [1.165, 1.54) is 4.90 Å². The molecule has 1 atom stereocenters. The number of β-lactam (4-membered cyclic amide) rings is 1. The van der Waals surface area contributed by atoms with Crippen molar-refractivity contribution in [1.82, 2.24) is 4.90 Å². The highest BCUT2D eigenvalue weighted by Crippen LogP contribution is 2.40. The maximum atomic E-state index is 11.9. The van der Waals surface area contributed by atoms with E-state index in [1.807, 2.05) is 0 Å². The van der Waals surface area contributed by atoms with Gasteiger partial charge in [0.2, 0.25) is 9.70 Å². The number of nitrogens with zero attached hydrogens (tertiary/aromatic N) is 1. The van der Waals surface area contributed by atoms with Crippen molar-refractivity contribution in [3.63, 3.8) is 0 Å². The van der Waals surface area contributed by atoms with Crippen molar-refractivity contribution < 1.29 is 14.3 Å². The van der Waals surface area contributed by atoms with Crippen LogP contribution in [-0.4, -0.2) is 38.3 Å². The third-order valence-electron chi connectivity index (χ3n) is 2.60. The molecule has 0 aromatic rings. The van der Waals surface area contributed by atoms with Crippen LogP contribution in [0.4, 0.5) is 0 Å². The Morgan fingerprint density at radius 1 is 1.56 bits per heavy atom. The molecule has 8 heteroatoms. The Hall–Kier alpha value is -0.100. The Morgan fingerprint density at radius 2 is 2.22 bits per heavy atom. The van der Waals surface area contributed by atoms with Crippen molar-refractivity contribution in [2.24, 2.45) is 0 Å². The molecule has 0 radical (unpaired) electrons. The molecule has 2 aliphatic rings. The number of carbonyl (C=O) groups excluding carboxylic acids is 2. The topological polar surface area (TPSA) is 46.6 Å². The van der Waals surface area contributed by atoms with Crippen molar-refractivity contribution in [2.45, 2.75) is 22.5 Å². The van der Waals surface area contributed by atoms with Crippen molar-refractivity contribution >= 4 is 58.4 Å². The van der Waals surface area contributed by atoms with E-state index in [-0.39, 0.29) is 17.9 Å². The van der Waals surface area contributed by atoms with Gasteiger partial charge in [0.25, 0.3) is 0 Å². The standard InChI is InChI=1S/C10H10Cl3NO3S/c1-5-3-18-7-2-6(15)14(7)8(5)9(16)17-4-10(11,12)13/h7H,2-4H2,1H3/t7-/m0/s1. The zero-order chi connectivity index (χ0) is 13.5. The molecule has 0 N–H and O–H groups in total. The first-order valence-electron chi connectivity index (χ1n) is 5.17. The first-order valence-corrected chi connectivity index (χ1v) is 7.35. The van der Waals surface area contributed by atoms with Crippen molar-refractivity contribution in [1.29, 1.82) is 0 Å². The number of carbonyl (C=O) groups is 2. The van der Waals surface area contributed by atoms with Gasteiger partial charge in [-0.25, -0.2) is 4.79 Å². The third-order valence-corrected chi connectivity index (χ3v) is 4.29. The first kappa shape index (κ1) is 14.3. The summed E-state index contributed by atoms with van der Waals surface area (Å²) in [6, 6.07) is 0. The lowest BCUT2D eigenvalue weighted by molar-refractivity contribution is -0.149. The van der Waals surface area contributed by atoms with Crippen LogP contribution in [0.15, 0.2) is 11.3 Å². The molecule has 2 aliphatic heterocycles. The van der Waals surface area contributed by atoms with Gasteiger partial charge in [-0.05, 0) is 12.5 Å². The van der Waals surface area contributed by atoms with Crippen molar-refractivity contribution in [3.05, 3.63) is 11.3 Å². The minimum absolute atomic E-state index is 0.0384. The fourth-order valence-electron chi connectivity index (χ4n) is 1.77. The second-order valence-corrected chi connectivity index (χ2v) is 7.74. The lowest BCUT2D eigenvalue weighted by Gasteiger charge is -2.44. The summed E-state index contributed by atoms with van der Waals surface area (Å²) >= 11 is 18.2. The number of ether oxygens (including phenoxy) is 1. The minimum Gasteiger partial charge on any atom is -0.456 e.